The number of hydrogen-bond donors (Lipinski definition) is 1. The highest BCUT2D eigenvalue weighted by atomic mass is 35.5. The first kappa shape index (κ1) is 25.6. The molecule has 0 fully saturated rings. The Balaban J connectivity index is 2.15. The minimum absolute atomic E-state index is 0.0918. The summed E-state index contributed by atoms with van der Waals surface area (Å²) in [5.41, 5.74) is -3.75. The molecule has 0 aliphatic heterocycles. The van der Waals surface area contributed by atoms with Gasteiger partial charge in [0.05, 0.1) is 18.0 Å². The zero-order valence-corrected chi connectivity index (χ0v) is 18.3. The number of rotatable bonds is 7. The summed E-state index contributed by atoms with van der Waals surface area (Å²) in [6, 6.07) is 2.19. The molecule has 1 aromatic carbocycles. The number of aromatic nitrogens is 1. The highest BCUT2D eigenvalue weighted by molar-refractivity contribution is 7.89. The Morgan fingerprint density at radius 1 is 1.16 bits per heavy atom. The molecule has 0 radical (unpaired) electrons. The fourth-order valence-electron chi connectivity index (χ4n) is 2.12. The highest BCUT2D eigenvalue weighted by Crippen LogP contribution is 2.36. The van der Waals surface area contributed by atoms with E-state index in [0.717, 1.165) is 26.1 Å². The molecule has 14 heteroatoms. The van der Waals surface area contributed by atoms with Crippen LogP contribution in [-0.4, -0.2) is 37.3 Å². The minimum atomic E-state index is -4.70. The van der Waals surface area contributed by atoms with Crippen molar-refractivity contribution >= 4 is 27.5 Å². The summed E-state index contributed by atoms with van der Waals surface area (Å²) in [4.78, 5) is 15.4. The first-order valence-electron chi connectivity index (χ1n) is 8.54. The molecule has 0 atom stereocenters. The van der Waals surface area contributed by atoms with E-state index in [1.54, 1.807) is 0 Å². The van der Waals surface area contributed by atoms with Gasteiger partial charge in [-0.3, -0.25) is 4.79 Å². The number of carbonyl (C=O) groups excluding carboxylic acids is 1. The predicted molar refractivity (Wildman–Crippen MR) is 103 cm³/mol. The van der Waals surface area contributed by atoms with Crippen LogP contribution in [-0.2, 0) is 16.6 Å². The lowest BCUT2D eigenvalue weighted by Gasteiger charge is -2.28. The summed E-state index contributed by atoms with van der Waals surface area (Å²) in [5.74, 6) is -4.24. The third kappa shape index (κ3) is 6.42. The average Bonchev–Trinajstić information content (AvgIpc) is 2.61. The minimum Gasteiger partial charge on any atom is -0.487 e. The fourth-order valence-corrected chi connectivity index (χ4v) is 2.76. The van der Waals surface area contributed by atoms with E-state index in [-0.39, 0.29) is 16.3 Å². The molecule has 0 unspecified atom stereocenters. The van der Waals surface area contributed by atoms with Gasteiger partial charge < -0.3 is 9.47 Å². The molecule has 0 aliphatic carbocycles. The van der Waals surface area contributed by atoms with Crippen LogP contribution in [0.1, 0.15) is 29.8 Å². The van der Waals surface area contributed by atoms with Crippen LogP contribution < -0.4 is 14.2 Å². The van der Waals surface area contributed by atoms with Gasteiger partial charge in [-0.1, -0.05) is 11.6 Å². The molecule has 2 rings (SSSR count). The van der Waals surface area contributed by atoms with Crippen molar-refractivity contribution in [2.75, 3.05) is 6.26 Å². The van der Waals surface area contributed by atoms with Crippen LogP contribution in [0.2, 0.25) is 5.02 Å². The number of nitrogens with zero attached hydrogens (tertiary/aromatic N) is 1. The predicted octanol–water partition coefficient (Wildman–Crippen LogP) is 4.00. The monoisotopic (exact) mass is 502 g/mol. The van der Waals surface area contributed by atoms with Crippen molar-refractivity contribution in [3.63, 3.8) is 0 Å². The van der Waals surface area contributed by atoms with E-state index in [4.69, 9.17) is 21.1 Å². The molecule has 0 bridgehead atoms. The molecule has 1 heterocycles. The molecule has 0 saturated heterocycles. The standard InChI is InChI=1S/C18H16ClF5N2O5S/c1-17(2,18(22,23)24)31-16-12(19)5-10(7-25-16)30-8-9-4-14(21)11(6-13(9)20)15(27)26-32(3,28)29/h4-7H,8H2,1-3H3,(H,26,27). The number of ether oxygens (including phenoxy) is 2. The molecule has 0 saturated carbocycles. The zero-order valence-electron chi connectivity index (χ0n) is 16.7. The second kappa shape index (κ2) is 9.06. The lowest BCUT2D eigenvalue weighted by Crippen LogP contribution is -2.44. The van der Waals surface area contributed by atoms with Crippen LogP contribution in [0.4, 0.5) is 22.0 Å². The fraction of sp³-hybridized carbons (Fsp3) is 0.333. The van der Waals surface area contributed by atoms with Crippen molar-refractivity contribution < 1.29 is 44.6 Å². The Labute approximate surface area is 184 Å². The molecule has 0 aliphatic rings. The van der Waals surface area contributed by atoms with Crippen LogP contribution in [0.3, 0.4) is 0 Å². The largest absolute Gasteiger partial charge is 0.487 e. The van der Waals surface area contributed by atoms with Crippen LogP contribution in [0.5, 0.6) is 11.6 Å². The van der Waals surface area contributed by atoms with Crippen LogP contribution in [0, 0.1) is 11.6 Å². The van der Waals surface area contributed by atoms with Crippen LogP contribution in [0.25, 0.3) is 0 Å². The van der Waals surface area contributed by atoms with Gasteiger partial charge in [-0.25, -0.2) is 26.9 Å². The Morgan fingerprint density at radius 3 is 2.31 bits per heavy atom. The number of carbonyl (C=O) groups is 1. The Bertz CT molecular complexity index is 1140. The summed E-state index contributed by atoms with van der Waals surface area (Å²) in [6.07, 6.45) is -3.06. The zero-order chi connectivity index (χ0) is 24.5. The lowest BCUT2D eigenvalue weighted by atomic mass is 10.1. The third-order valence-electron chi connectivity index (χ3n) is 3.87. The molecule has 0 spiro atoms. The molecular weight excluding hydrogens is 487 g/mol. The summed E-state index contributed by atoms with van der Waals surface area (Å²) in [6.45, 7) is 1.00. The number of benzene rings is 1. The summed E-state index contributed by atoms with van der Waals surface area (Å²) < 4.78 is 101. The first-order chi connectivity index (χ1) is 14.5. The molecule has 1 amide bonds. The van der Waals surface area contributed by atoms with Gasteiger partial charge in [0.2, 0.25) is 15.9 Å². The molecule has 1 N–H and O–H groups in total. The van der Waals surface area contributed by atoms with E-state index < -0.39 is 57.4 Å². The molecule has 7 nitrogen and oxygen atoms in total. The number of nitrogens with one attached hydrogen (secondary N) is 1. The van der Waals surface area contributed by atoms with Crippen molar-refractivity contribution in [2.45, 2.75) is 32.2 Å². The maximum Gasteiger partial charge on any atom is 0.427 e. The number of sulfonamides is 1. The number of amides is 1. The van der Waals surface area contributed by atoms with Gasteiger partial charge in [0, 0.05) is 11.6 Å². The van der Waals surface area contributed by atoms with E-state index in [0.29, 0.717) is 18.4 Å². The Morgan fingerprint density at radius 2 is 1.78 bits per heavy atom. The van der Waals surface area contributed by atoms with Gasteiger partial charge in [-0.15, -0.1) is 0 Å². The van der Waals surface area contributed by atoms with Gasteiger partial charge in [-0.2, -0.15) is 13.2 Å². The van der Waals surface area contributed by atoms with Gasteiger partial charge in [0.25, 0.3) is 5.91 Å². The second-order valence-electron chi connectivity index (χ2n) is 6.98. The SMILES string of the molecule is CC(C)(Oc1ncc(OCc2cc(F)c(C(=O)NS(C)(=O)=O)cc2F)cc1Cl)C(F)(F)F. The maximum atomic E-state index is 14.2. The van der Waals surface area contributed by atoms with Crippen LogP contribution in [0.15, 0.2) is 24.4 Å². The Hall–Kier alpha value is -2.67. The van der Waals surface area contributed by atoms with Crippen molar-refractivity contribution in [2.24, 2.45) is 0 Å². The maximum absolute atomic E-state index is 14.2. The number of pyridine rings is 1. The van der Waals surface area contributed by atoms with Gasteiger partial charge >= 0.3 is 6.18 Å². The smallest absolute Gasteiger partial charge is 0.427 e. The first-order valence-corrected chi connectivity index (χ1v) is 10.8. The highest BCUT2D eigenvalue weighted by Gasteiger charge is 2.50. The second-order valence-corrected chi connectivity index (χ2v) is 9.14. The number of hydrogen-bond acceptors (Lipinski definition) is 6. The Kier molecular flexibility index (Phi) is 7.24. The van der Waals surface area contributed by atoms with E-state index >= 15 is 0 Å². The molecule has 1 aromatic heterocycles. The van der Waals surface area contributed by atoms with Gasteiger partial charge in [0.1, 0.15) is 29.0 Å². The quantitative estimate of drug-likeness (QED) is 0.575. The van der Waals surface area contributed by atoms with Crippen molar-refractivity contribution in [3.8, 4) is 11.6 Å². The van der Waals surface area contributed by atoms with Gasteiger partial charge in [-0.05, 0) is 26.0 Å². The summed E-state index contributed by atoms with van der Waals surface area (Å²) in [5, 5.41) is -0.320. The van der Waals surface area contributed by atoms with Gasteiger partial charge in [0.15, 0.2) is 5.60 Å². The summed E-state index contributed by atoms with van der Waals surface area (Å²) >= 11 is 5.87. The van der Waals surface area contributed by atoms with E-state index in [1.807, 2.05) is 0 Å². The normalized spacial score (nSPS) is 12.4. The molecule has 176 valence electrons. The van der Waals surface area contributed by atoms with E-state index in [2.05, 4.69) is 4.98 Å². The molecular formula is C18H16ClF5N2O5S. The van der Waals surface area contributed by atoms with E-state index in [9.17, 15) is 35.2 Å². The topological polar surface area (TPSA) is 94.6 Å². The lowest BCUT2D eigenvalue weighted by molar-refractivity contribution is -0.235. The van der Waals surface area contributed by atoms with Crippen molar-refractivity contribution in [1.29, 1.82) is 0 Å². The molecule has 2 aromatic rings. The molecule has 32 heavy (non-hydrogen) atoms. The third-order valence-corrected chi connectivity index (χ3v) is 4.70. The van der Waals surface area contributed by atoms with Crippen molar-refractivity contribution in [3.05, 3.63) is 52.2 Å². The van der Waals surface area contributed by atoms with Crippen LogP contribution >= 0.6 is 11.6 Å². The van der Waals surface area contributed by atoms with E-state index in [1.165, 1.54) is 4.72 Å². The average molecular weight is 503 g/mol. The number of alkyl halides is 3. The van der Waals surface area contributed by atoms with Crippen molar-refractivity contribution in [1.82, 2.24) is 9.71 Å². The summed E-state index contributed by atoms with van der Waals surface area (Å²) in [7, 11) is -3.99. The number of halogens is 6.